The average Bonchev–Trinajstić information content (AvgIpc) is 3.67. The van der Waals surface area contributed by atoms with E-state index in [1.54, 1.807) is 10.7 Å². The Morgan fingerprint density at radius 3 is 2.14 bits per heavy atom. The summed E-state index contributed by atoms with van der Waals surface area (Å²) in [5.74, 6) is 0.0115. The van der Waals surface area contributed by atoms with Gasteiger partial charge in [-0.2, -0.15) is 4.68 Å². The van der Waals surface area contributed by atoms with Gasteiger partial charge in [0.2, 0.25) is 17.0 Å². The van der Waals surface area contributed by atoms with Crippen LogP contribution in [-0.2, 0) is 16.0 Å². The van der Waals surface area contributed by atoms with Gasteiger partial charge in [0.1, 0.15) is 16.5 Å². The van der Waals surface area contributed by atoms with E-state index in [9.17, 15) is 14.4 Å². The Morgan fingerprint density at radius 2 is 1.43 bits per heavy atom. The number of fused-ring (bicyclic) bond motifs is 1. The lowest BCUT2D eigenvalue weighted by atomic mass is 10.1. The van der Waals surface area contributed by atoms with Gasteiger partial charge in [-0.15, -0.1) is 16.9 Å². The highest BCUT2D eigenvalue weighted by atomic mass is 32.2. The molecule has 0 saturated carbocycles. The predicted molar refractivity (Wildman–Crippen MR) is 167 cm³/mol. The monoisotopic (exact) mass is 605 g/mol. The van der Waals surface area contributed by atoms with Crippen molar-refractivity contribution in [3.8, 4) is 5.69 Å². The Labute approximate surface area is 256 Å². The number of Topliss-reactive ketones (excluding diaryl/α,β-unsaturated/α-hetero) is 1. The second-order valence-electron chi connectivity index (χ2n) is 11.0. The van der Waals surface area contributed by atoms with Gasteiger partial charge >= 0.3 is 0 Å². The molecule has 8 nitrogen and oxygen atoms in total. The van der Waals surface area contributed by atoms with Gasteiger partial charge in [-0.1, -0.05) is 119 Å². The summed E-state index contributed by atoms with van der Waals surface area (Å²) < 4.78 is 1.59. The summed E-state index contributed by atoms with van der Waals surface area (Å²) in [5.41, 5.74) is 2.25. The van der Waals surface area contributed by atoms with Crippen molar-refractivity contribution in [2.45, 2.75) is 99.3 Å². The van der Waals surface area contributed by atoms with E-state index in [-0.39, 0.29) is 17.6 Å². The van der Waals surface area contributed by atoms with Gasteiger partial charge in [0.05, 0.1) is 5.69 Å². The summed E-state index contributed by atoms with van der Waals surface area (Å²) in [4.78, 5) is 42.3. The molecule has 1 saturated heterocycles. The summed E-state index contributed by atoms with van der Waals surface area (Å²) in [6, 6.07) is 16.1. The number of rotatable bonds is 16. The third-order valence-electron chi connectivity index (χ3n) is 8.02. The van der Waals surface area contributed by atoms with Crippen LogP contribution in [0.15, 0.2) is 59.8 Å². The van der Waals surface area contributed by atoms with Crippen molar-refractivity contribution in [1.82, 2.24) is 25.1 Å². The van der Waals surface area contributed by atoms with Crippen molar-refractivity contribution >= 4 is 41.1 Å². The molecule has 0 radical (unpaired) electrons. The quantitative estimate of drug-likeness (QED) is 0.138. The second-order valence-corrected chi connectivity index (χ2v) is 13.4. The molecule has 42 heavy (non-hydrogen) atoms. The lowest BCUT2D eigenvalue weighted by Crippen LogP contribution is -2.44. The Bertz CT molecular complexity index is 1360. The van der Waals surface area contributed by atoms with Gasteiger partial charge in [-0.3, -0.25) is 19.3 Å². The number of nitrogens with zero attached hydrogens (tertiary/aromatic N) is 5. The van der Waals surface area contributed by atoms with Crippen LogP contribution in [-0.4, -0.2) is 65.0 Å². The number of ketones is 1. The fourth-order valence-electron chi connectivity index (χ4n) is 5.74. The van der Waals surface area contributed by atoms with Crippen molar-refractivity contribution in [3.63, 3.8) is 0 Å². The molecule has 1 aliphatic heterocycles. The molecule has 222 valence electrons. The van der Waals surface area contributed by atoms with Gasteiger partial charge in [0.25, 0.3) is 0 Å². The SMILES string of the molecule is CCCCCCCCCCCCSC1C(=O)N(C2Cc3ccccc3C2=O)C(=O)C1Sc1nnnn1-c1ccccc1. The van der Waals surface area contributed by atoms with Crippen molar-refractivity contribution in [1.29, 1.82) is 0 Å². The number of carbonyl (C=O) groups is 3. The Morgan fingerprint density at radius 1 is 0.786 bits per heavy atom. The molecule has 2 aromatic carbocycles. The number of unbranched alkanes of at least 4 members (excludes halogenated alkanes) is 9. The second kappa shape index (κ2) is 15.0. The van der Waals surface area contributed by atoms with E-state index in [1.165, 1.54) is 79.8 Å². The maximum absolute atomic E-state index is 13.9. The topological polar surface area (TPSA) is 98.1 Å². The van der Waals surface area contributed by atoms with Crippen LogP contribution in [0, 0.1) is 0 Å². The Balaban J connectivity index is 1.24. The zero-order chi connectivity index (χ0) is 29.3. The molecule has 0 bridgehead atoms. The smallest absolute Gasteiger partial charge is 0.245 e. The number of aromatic nitrogens is 4. The Kier molecular flexibility index (Phi) is 10.9. The summed E-state index contributed by atoms with van der Waals surface area (Å²) in [6.45, 7) is 2.24. The van der Waals surface area contributed by atoms with Crippen LogP contribution in [0.25, 0.3) is 5.69 Å². The number of thioether (sulfide) groups is 2. The van der Waals surface area contributed by atoms with Gasteiger partial charge in [0, 0.05) is 12.0 Å². The molecule has 5 rings (SSSR count). The number of imide groups is 1. The first kappa shape index (κ1) is 30.5. The zero-order valence-corrected chi connectivity index (χ0v) is 25.8. The highest BCUT2D eigenvalue weighted by Crippen LogP contribution is 2.40. The first-order chi connectivity index (χ1) is 20.6. The van der Waals surface area contributed by atoms with Crippen molar-refractivity contribution in [2.24, 2.45) is 0 Å². The van der Waals surface area contributed by atoms with E-state index in [4.69, 9.17) is 0 Å². The molecule has 2 aliphatic rings. The highest BCUT2D eigenvalue weighted by molar-refractivity contribution is 8.04. The van der Waals surface area contributed by atoms with Gasteiger partial charge < -0.3 is 0 Å². The lowest BCUT2D eigenvalue weighted by Gasteiger charge is -2.21. The fourth-order valence-corrected chi connectivity index (χ4v) is 8.33. The van der Waals surface area contributed by atoms with Gasteiger partial charge in [0.15, 0.2) is 5.78 Å². The maximum atomic E-state index is 13.9. The fraction of sp³-hybridized carbons (Fsp3) is 0.500. The number of para-hydroxylation sites is 1. The van der Waals surface area contributed by atoms with Crippen molar-refractivity contribution in [2.75, 3.05) is 5.75 Å². The maximum Gasteiger partial charge on any atom is 0.245 e. The van der Waals surface area contributed by atoms with Crippen LogP contribution in [0.1, 0.15) is 87.1 Å². The number of tetrazole rings is 1. The molecule has 1 aromatic heterocycles. The highest BCUT2D eigenvalue weighted by Gasteiger charge is 2.54. The first-order valence-corrected chi connectivity index (χ1v) is 17.1. The molecule has 3 aromatic rings. The van der Waals surface area contributed by atoms with Crippen LogP contribution in [0.4, 0.5) is 0 Å². The van der Waals surface area contributed by atoms with Crippen LogP contribution >= 0.6 is 23.5 Å². The van der Waals surface area contributed by atoms with Crippen LogP contribution < -0.4 is 0 Å². The van der Waals surface area contributed by atoms with E-state index in [2.05, 4.69) is 22.4 Å². The number of amides is 2. The molecule has 10 heteroatoms. The summed E-state index contributed by atoms with van der Waals surface area (Å²) in [5, 5.41) is 11.3. The summed E-state index contributed by atoms with van der Waals surface area (Å²) >= 11 is 2.74. The van der Waals surface area contributed by atoms with E-state index in [0.29, 0.717) is 17.1 Å². The third-order valence-corrected chi connectivity index (χ3v) is 10.7. The number of hydrogen-bond donors (Lipinski definition) is 0. The number of likely N-dealkylation sites (tertiary alicyclic amines) is 1. The normalized spacial score (nSPS) is 20.1. The predicted octanol–water partition coefficient (Wildman–Crippen LogP) is 6.32. The molecular weight excluding hydrogens is 567 g/mol. The number of benzene rings is 2. The van der Waals surface area contributed by atoms with Gasteiger partial charge in [-0.25, -0.2) is 0 Å². The zero-order valence-electron chi connectivity index (χ0n) is 24.2. The Hall–Kier alpha value is -2.98. The molecule has 0 N–H and O–H groups in total. The summed E-state index contributed by atoms with van der Waals surface area (Å²) in [7, 11) is 0. The van der Waals surface area contributed by atoms with Crippen LogP contribution in [0.2, 0.25) is 0 Å². The molecule has 3 atom stereocenters. The van der Waals surface area contributed by atoms with Gasteiger partial charge in [-0.05, 0) is 40.3 Å². The van der Waals surface area contributed by atoms with E-state index in [0.717, 1.165) is 29.8 Å². The lowest BCUT2D eigenvalue weighted by molar-refractivity contribution is -0.139. The number of hydrogen-bond acceptors (Lipinski definition) is 8. The summed E-state index contributed by atoms with van der Waals surface area (Å²) in [6.07, 6.45) is 12.8. The van der Waals surface area contributed by atoms with E-state index >= 15 is 0 Å². The standard InChI is InChI=1S/C32H39N5O3S2/c1-2-3-4-5-6-7-8-9-10-16-21-41-28-29(42-32-33-34-35-37(32)24-18-12-11-13-19-24)31(40)36(30(28)39)26-22-23-17-14-15-20-25(23)27(26)38/h11-15,17-20,26,28-29H,2-10,16,21-22H2,1H3. The van der Waals surface area contributed by atoms with Crippen LogP contribution in [0.5, 0.6) is 0 Å². The van der Waals surface area contributed by atoms with Crippen LogP contribution in [0.3, 0.4) is 0 Å². The molecule has 1 fully saturated rings. The van der Waals surface area contributed by atoms with Crippen molar-refractivity contribution in [3.05, 3.63) is 65.7 Å². The minimum Gasteiger partial charge on any atom is -0.292 e. The molecule has 2 amide bonds. The first-order valence-electron chi connectivity index (χ1n) is 15.2. The largest absolute Gasteiger partial charge is 0.292 e. The third kappa shape index (κ3) is 6.97. The van der Waals surface area contributed by atoms with E-state index < -0.39 is 16.5 Å². The number of carbonyl (C=O) groups excluding carboxylic acids is 3. The molecule has 2 heterocycles. The molecule has 3 unspecified atom stereocenters. The minimum absolute atomic E-state index is 0.162. The van der Waals surface area contributed by atoms with E-state index in [1.807, 2.05) is 48.5 Å². The minimum atomic E-state index is -0.793. The molecule has 1 aliphatic carbocycles. The molecular formula is C32H39N5O3S2. The molecule has 0 spiro atoms. The van der Waals surface area contributed by atoms with Crippen molar-refractivity contribution < 1.29 is 14.4 Å². The average molecular weight is 606 g/mol.